The third-order valence-corrected chi connectivity index (χ3v) is 17.2. The largest absolute Gasteiger partial charge is 0.490 e. The Morgan fingerprint density at radius 2 is 0.809 bits per heavy atom. The molecule has 504 valence electrons. The lowest BCUT2D eigenvalue weighted by molar-refractivity contribution is -0.115. The van der Waals surface area contributed by atoms with Gasteiger partial charge in [0.1, 0.15) is 52.4 Å². The van der Waals surface area contributed by atoms with Crippen molar-refractivity contribution in [3.8, 4) is 0 Å². The van der Waals surface area contributed by atoms with Gasteiger partial charge in [0.2, 0.25) is 5.28 Å². The summed E-state index contributed by atoms with van der Waals surface area (Å²) in [5, 5.41) is 38.2. The minimum atomic E-state index is -0.358. The maximum Gasteiger partial charge on any atom is 0.490 e. The van der Waals surface area contributed by atoms with Crippen molar-refractivity contribution in [2.75, 3.05) is 34.4 Å². The number of aliphatic hydroxyl groups is 4. The number of carbonyl (C=O) groups excluding carboxylic acids is 2. The minimum Gasteiger partial charge on any atom is -0.400 e. The van der Waals surface area contributed by atoms with E-state index in [0.717, 1.165) is 156 Å². The van der Waals surface area contributed by atoms with Gasteiger partial charge in [0, 0.05) is 73.3 Å². The Morgan fingerprint density at radius 1 is 0.436 bits per heavy atom. The summed E-state index contributed by atoms with van der Waals surface area (Å²) in [5.74, 6) is 7.58. The molecule has 0 bridgehead atoms. The molecule has 0 amide bonds. The van der Waals surface area contributed by atoms with Crippen molar-refractivity contribution in [1.82, 2.24) is 59.8 Å². The third kappa shape index (κ3) is 24.1. The van der Waals surface area contributed by atoms with Gasteiger partial charge < -0.3 is 64.1 Å². The molecule has 6 aromatic rings. The molecule has 6 aromatic heterocycles. The molecule has 6 aliphatic carbocycles. The number of halogens is 1. The van der Waals surface area contributed by atoms with Crippen molar-refractivity contribution in [1.29, 1.82) is 0 Å². The predicted octanol–water partition coefficient (Wildman–Crippen LogP) is 8.42. The Kier molecular flexibility index (Phi) is 28.1. The maximum absolute atomic E-state index is 11.4. The number of hydrogen-bond acceptors (Lipinski definition) is 26. The number of nitrogens with two attached hydrogens (primary N) is 6. The fourth-order valence-corrected chi connectivity index (χ4v) is 11.6. The molecule has 3 saturated carbocycles. The van der Waals surface area contributed by atoms with E-state index in [1.54, 1.807) is 79.5 Å². The number of hydrogen-bond donors (Lipinski definition) is 10. The average Bonchev–Trinajstić information content (AvgIpc) is 1.63. The summed E-state index contributed by atoms with van der Waals surface area (Å²) >= 11 is 5.34. The summed E-state index contributed by atoms with van der Waals surface area (Å²) in [5.41, 5.74) is 35.3. The quantitative estimate of drug-likeness (QED) is 0.0552. The van der Waals surface area contributed by atoms with Gasteiger partial charge in [-0.3, -0.25) is 9.59 Å². The van der Waals surface area contributed by atoms with Crippen molar-refractivity contribution >= 4 is 76.3 Å². The Bertz CT molecular complexity index is 3330. The number of rotatable bonds is 6. The maximum atomic E-state index is 11.4. The monoisotopic (exact) mass is 1310 g/mol. The number of allylic oxidation sites excluding steroid dienone is 5. The first kappa shape index (κ1) is 73.4. The summed E-state index contributed by atoms with van der Waals surface area (Å²) in [6.07, 6.45) is 32.9. The third-order valence-electron chi connectivity index (χ3n) is 17.0. The molecule has 7 aliphatic rings. The van der Waals surface area contributed by atoms with E-state index in [9.17, 15) is 30.0 Å². The van der Waals surface area contributed by atoms with Gasteiger partial charge in [0.25, 0.3) is 0 Å². The fraction of sp³-hybridized carbons (Fsp3) is 0.515. The molecule has 0 radical (unpaired) electrons. The number of carbonyl (C=O) groups is 2. The molecule has 1 unspecified atom stereocenters. The Hall–Kier alpha value is -8.05. The van der Waals surface area contributed by atoms with Crippen LogP contribution in [0.2, 0.25) is 5.28 Å². The van der Waals surface area contributed by atoms with E-state index in [1.807, 2.05) is 33.8 Å². The molecular weight excluding hydrogens is 1220 g/mol. The van der Waals surface area contributed by atoms with E-state index in [0.29, 0.717) is 59.4 Å². The second-order valence-electron chi connectivity index (χ2n) is 25.2. The van der Waals surface area contributed by atoms with Crippen LogP contribution in [0.15, 0.2) is 97.3 Å². The topological polar surface area (TPSA) is 444 Å². The van der Waals surface area contributed by atoms with Gasteiger partial charge in [-0.25, -0.2) is 59.8 Å². The number of nitrogens with zero attached hydrogens (tertiary/aromatic N) is 12. The van der Waals surface area contributed by atoms with E-state index in [4.69, 9.17) is 55.3 Å². The van der Waals surface area contributed by atoms with E-state index in [-0.39, 0.29) is 77.3 Å². The summed E-state index contributed by atoms with van der Waals surface area (Å²) < 4.78 is 11.8. The molecule has 1 aliphatic heterocycles. The molecule has 0 spiro atoms. The van der Waals surface area contributed by atoms with Gasteiger partial charge in [-0.1, -0.05) is 19.3 Å². The highest BCUT2D eigenvalue weighted by atomic mass is 35.5. The van der Waals surface area contributed by atoms with Crippen LogP contribution in [0.25, 0.3) is 11.1 Å². The average molecular weight is 1310 g/mol. The van der Waals surface area contributed by atoms with Crippen LogP contribution >= 0.6 is 11.6 Å². The van der Waals surface area contributed by atoms with Crippen LogP contribution in [0.4, 0.5) is 34.9 Å². The molecule has 13 rings (SSSR count). The molecule has 28 heteroatoms. The van der Waals surface area contributed by atoms with Crippen LogP contribution in [-0.4, -0.2) is 135 Å². The number of anilines is 6. The smallest absolute Gasteiger partial charge is 0.400 e. The van der Waals surface area contributed by atoms with Gasteiger partial charge in [-0.15, -0.1) is 0 Å². The standard InChI is InChI=1S/C12H19BO3.3C10H15N3O.C10H13N3O.C10H11N3O.C4H4ClN3/c1-11(2)12(3,4)16-13(15-11)9-6-5-7-10(14)8-9;5*11-9-4-5-12-10(13-9)7-2-1-3-8(14)6-7;5-4-7-2-1-3(6)8-4/h8H,5-7H2,1-4H3;3*4-5,7-8,14H,1-3,6H2,(H2,11,12,13);4-6,8,14H,1-3H2,(H2,11,12,13);4-6H,1-3H2,(H2,11,12,13);1-2H,(H2,6,7,8)/t;3*7-,8-;;;/m.100.../s1. The number of nitrogen functional groups attached to an aromatic ring is 6. The van der Waals surface area contributed by atoms with Crippen molar-refractivity contribution < 1.29 is 39.3 Å². The Balaban J connectivity index is 0.000000156. The molecule has 16 N–H and O–H groups in total. The van der Waals surface area contributed by atoms with Crippen LogP contribution in [0, 0.1) is 0 Å². The number of aromatic nitrogens is 12. The number of ketones is 2. The minimum absolute atomic E-state index is 0.150. The lowest BCUT2D eigenvalue weighted by Crippen LogP contribution is -2.41. The van der Waals surface area contributed by atoms with Crippen molar-refractivity contribution in [3.63, 3.8) is 0 Å². The highest BCUT2D eigenvalue weighted by molar-refractivity contribution is 6.55. The normalized spacial score (nSPS) is 23.6. The zero-order valence-corrected chi connectivity index (χ0v) is 55.0. The zero-order valence-electron chi connectivity index (χ0n) is 54.3. The summed E-state index contributed by atoms with van der Waals surface area (Å²) in [7, 11) is -0.339. The predicted molar refractivity (Wildman–Crippen MR) is 363 cm³/mol. The van der Waals surface area contributed by atoms with Crippen LogP contribution < -0.4 is 34.4 Å². The summed E-state index contributed by atoms with van der Waals surface area (Å²) in [4.78, 5) is 71.3. The molecule has 1 saturated heterocycles. The van der Waals surface area contributed by atoms with Crippen LogP contribution in [0.3, 0.4) is 0 Å². The van der Waals surface area contributed by atoms with Gasteiger partial charge in [0.05, 0.1) is 35.6 Å². The first-order valence-corrected chi connectivity index (χ1v) is 32.7. The highest BCUT2D eigenvalue weighted by Crippen LogP contribution is 2.40. The van der Waals surface area contributed by atoms with Crippen LogP contribution in [-0.2, 0) is 18.9 Å². The Morgan fingerprint density at radius 3 is 1.17 bits per heavy atom. The van der Waals surface area contributed by atoms with Gasteiger partial charge in [0.15, 0.2) is 23.2 Å². The van der Waals surface area contributed by atoms with E-state index >= 15 is 0 Å². The SMILES string of the molecule is CC1(C)OB(C2=CC(=O)CCC2)OC1(C)C.Nc1ccnc(C2=CC(=O)CCC2)n1.Nc1ccnc(C2=CC(O)CCC2)n1.Nc1ccnc(Cl)n1.Nc1ccnc([C@@H]2CCC[C@@H](O)C2)n1.Nc1ccnc([C@H]2CCC[C@H](O)C2)n1.Nc1ccnc([C@H]2CCC[C@H](O)C2)n1. The van der Waals surface area contributed by atoms with E-state index in [1.165, 1.54) is 6.20 Å². The molecular formula is C66H92BClN18O8. The number of aliphatic hydroxyl groups excluding tert-OH is 4. The lowest BCUT2D eigenvalue weighted by atomic mass is 9.72. The Labute approximate surface area is 555 Å². The van der Waals surface area contributed by atoms with Gasteiger partial charge in [-0.05, 0) is 208 Å². The first-order valence-electron chi connectivity index (χ1n) is 32.3. The van der Waals surface area contributed by atoms with Crippen molar-refractivity contribution in [3.05, 3.63) is 132 Å². The molecule has 7 atom stereocenters. The first-order chi connectivity index (χ1) is 44.9. The molecule has 0 aromatic carbocycles. The lowest BCUT2D eigenvalue weighted by Gasteiger charge is -2.32. The van der Waals surface area contributed by atoms with Crippen LogP contribution in [0.1, 0.15) is 209 Å². The molecule has 26 nitrogen and oxygen atoms in total. The zero-order chi connectivity index (χ0) is 67.8. The summed E-state index contributed by atoms with van der Waals surface area (Å²) in [6, 6.07) is 9.91. The molecule has 7 heterocycles. The van der Waals surface area contributed by atoms with Gasteiger partial charge in [-0.2, -0.15) is 0 Å². The van der Waals surface area contributed by atoms with Gasteiger partial charge >= 0.3 is 7.12 Å². The second kappa shape index (κ2) is 36.0. The molecule has 94 heavy (non-hydrogen) atoms. The van der Waals surface area contributed by atoms with E-state index < -0.39 is 0 Å². The van der Waals surface area contributed by atoms with Crippen molar-refractivity contribution in [2.45, 2.75) is 216 Å². The highest BCUT2D eigenvalue weighted by Gasteiger charge is 2.52. The second-order valence-corrected chi connectivity index (χ2v) is 25.5. The fourth-order valence-electron chi connectivity index (χ4n) is 11.4. The summed E-state index contributed by atoms with van der Waals surface area (Å²) in [6.45, 7) is 8.10. The van der Waals surface area contributed by atoms with Crippen molar-refractivity contribution in [2.24, 2.45) is 0 Å². The molecule has 4 fully saturated rings. The van der Waals surface area contributed by atoms with Crippen LogP contribution in [0.5, 0.6) is 0 Å². The van der Waals surface area contributed by atoms with E-state index in [2.05, 4.69) is 59.8 Å².